The van der Waals surface area contributed by atoms with Crippen LogP contribution in [0.5, 0.6) is 0 Å². The topological polar surface area (TPSA) is 9.23 Å². The molecule has 192 valence electrons. The first kappa shape index (κ1) is 29.3. The summed E-state index contributed by atoms with van der Waals surface area (Å²) in [5.74, 6) is -36.8. The van der Waals surface area contributed by atoms with Crippen molar-refractivity contribution in [1.82, 2.24) is 0 Å². The number of halogens is 13. The Morgan fingerprint density at radius 2 is 1.09 bits per heavy atom. The smallest absolute Gasteiger partial charge is 0.377 e. The largest absolute Gasteiger partial charge is 0.460 e. The van der Waals surface area contributed by atoms with E-state index in [1.165, 1.54) is 12.1 Å². The molecule has 0 fully saturated rings. The van der Waals surface area contributed by atoms with Gasteiger partial charge < -0.3 is 4.74 Å². The molecule has 0 amide bonds. The Balaban J connectivity index is 3.32. The summed E-state index contributed by atoms with van der Waals surface area (Å²) in [6.07, 6.45) is -11.5. The zero-order chi connectivity index (χ0) is 26.3. The fourth-order valence-electron chi connectivity index (χ4n) is 2.84. The Hall–Kier alpha value is -1.73. The van der Waals surface area contributed by atoms with E-state index in [9.17, 15) is 57.1 Å². The molecule has 0 saturated heterocycles. The van der Waals surface area contributed by atoms with Crippen molar-refractivity contribution in [2.75, 3.05) is 7.11 Å². The van der Waals surface area contributed by atoms with E-state index >= 15 is 0 Å². The van der Waals surface area contributed by atoms with Gasteiger partial charge in [0.1, 0.15) is 0 Å². The van der Waals surface area contributed by atoms with E-state index in [1.54, 1.807) is 0 Å². The average molecular weight is 510 g/mol. The number of rotatable bonds is 10. The van der Waals surface area contributed by atoms with Crippen LogP contribution in [0.15, 0.2) is 24.3 Å². The minimum absolute atomic E-state index is 0.163. The van der Waals surface area contributed by atoms with Crippen LogP contribution in [0.3, 0.4) is 0 Å². The highest BCUT2D eigenvalue weighted by Crippen LogP contribution is 2.61. The van der Waals surface area contributed by atoms with Gasteiger partial charge in [-0.2, -0.15) is 57.1 Å². The van der Waals surface area contributed by atoms with Gasteiger partial charge in [-0.25, -0.2) is 0 Å². The third-order valence-corrected chi connectivity index (χ3v) is 4.72. The van der Waals surface area contributed by atoms with Crippen molar-refractivity contribution in [3.05, 3.63) is 35.4 Å². The number of benzene rings is 1. The van der Waals surface area contributed by atoms with Crippen molar-refractivity contribution in [3.63, 3.8) is 0 Å². The molecule has 0 radical (unpaired) electrons. The molecule has 33 heavy (non-hydrogen) atoms. The molecule has 0 aromatic heterocycles. The molecule has 1 atom stereocenters. The maximum atomic E-state index is 14.1. The molecule has 0 aliphatic heterocycles. The summed E-state index contributed by atoms with van der Waals surface area (Å²) >= 11 is 0. The van der Waals surface area contributed by atoms with Gasteiger partial charge in [-0.15, -0.1) is 0 Å². The molecule has 1 aromatic carbocycles. The summed E-state index contributed by atoms with van der Waals surface area (Å²) < 4.78 is 177. The summed E-state index contributed by atoms with van der Waals surface area (Å²) in [6.45, 7) is 3.68. The lowest BCUT2D eigenvalue weighted by Gasteiger charge is -2.40. The number of hydrogen-bond donors (Lipinski definition) is 0. The van der Waals surface area contributed by atoms with Gasteiger partial charge in [0.15, 0.2) is 0 Å². The normalized spacial score (nSPS) is 15.8. The van der Waals surface area contributed by atoms with Gasteiger partial charge in [0.2, 0.25) is 0 Å². The summed E-state index contributed by atoms with van der Waals surface area (Å²) in [5, 5.41) is 0. The van der Waals surface area contributed by atoms with E-state index in [1.807, 2.05) is 13.8 Å². The molecule has 0 aliphatic rings. The molecule has 1 nitrogen and oxygen atoms in total. The van der Waals surface area contributed by atoms with Crippen molar-refractivity contribution in [1.29, 1.82) is 0 Å². The van der Waals surface area contributed by atoms with Crippen LogP contribution in [-0.4, -0.2) is 42.9 Å². The third-order valence-electron chi connectivity index (χ3n) is 4.72. The molecule has 14 heteroatoms. The standard InChI is InChI=1S/C19H19F13O/c1-10(2)8-11-4-6-12(7-5-11)13(33-3)9-14(20,21)15(22,23)16(24,25)17(26,27)18(28,29)19(30,31)32/h4-7,10,13H,8-9H2,1-3H3. The van der Waals surface area contributed by atoms with E-state index in [0.717, 1.165) is 12.1 Å². The fraction of sp³-hybridized carbons (Fsp3) is 0.684. The Morgan fingerprint density at radius 3 is 1.45 bits per heavy atom. The minimum Gasteiger partial charge on any atom is -0.377 e. The maximum absolute atomic E-state index is 14.1. The quantitative estimate of drug-likeness (QED) is 0.293. The Kier molecular flexibility index (Phi) is 8.11. The number of methoxy groups -OCH3 is 1. The molecule has 0 saturated carbocycles. The molecule has 0 heterocycles. The first-order chi connectivity index (χ1) is 14.6. The summed E-state index contributed by atoms with van der Waals surface area (Å²) in [6, 6.07) is 4.93. The summed E-state index contributed by atoms with van der Waals surface area (Å²) in [7, 11) is 0.686. The number of alkyl halides is 13. The average Bonchev–Trinajstić information content (AvgIpc) is 2.64. The predicted octanol–water partition coefficient (Wildman–Crippen LogP) is 7.70. The van der Waals surface area contributed by atoms with Crippen molar-refractivity contribution < 1.29 is 61.8 Å². The van der Waals surface area contributed by atoms with E-state index in [0.29, 0.717) is 19.1 Å². The van der Waals surface area contributed by atoms with Gasteiger partial charge in [-0.1, -0.05) is 38.1 Å². The summed E-state index contributed by atoms with van der Waals surface area (Å²) in [4.78, 5) is 0. The molecule has 0 N–H and O–H groups in total. The van der Waals surface area contributed by atoms with E-state index < -0.39 is 48.3 Å². The van der Waals surface area contributed by atoms with Crippen LogP contribution in [0.2, 0.25) is 0 Å². The Bertz CT molecular complexity index is 782. The monoisotopic (exact) mass is 510 g/mol. The van der Waals surface area contributed by atoms with Gasteiger partial charge >= 0.3 is 35.8 Å². The lowest BCUT2D eigenvalue weighted by molar-refractivity contribution is -0.440. The minimum atomic E-state index is -7.91. The second kappa shape index (κ2) is 9.14. The summed E-state index contributed by atoms with van der Waals surface area (Å²) in [5.41, 5.74) is 0.387. The molecule has 1 aromatic rings. The number of hydrogen-bond acceptors (Lipinski definition) is 1. The van der Waals surface area contributed by atoms with Crippen molar-refractivity contribution in [2.24, 2.45) is 5.92 Å². The fourth-order valence-corrected chi connectivity index (χ4v) is 2.84. The lowest BCUT2D eigenvalue weighted by Crippen LogP contribution is -2.70. The van der Waals surface area contributed by atoms with Crippen LogP contribution in [0.4, 0.5) is 57.1 Å². The van der Waals surface area contributed by atoms with Gasteiger partial charge in [0.25, 0.3) is 0 Å². The van der Waals surface area contributed by atoms with Gasteiger partial charge in [-0.3, -0.25) is 0 Å². The molecular formula is C19H19F13O. The van der Waals surface area contributed by atoms with Gasteiger partial charge in [-0.05, 0) is 23.5 Å². The zero-order valence-corrected chi connectivity index (χ0v) is 17.2. The molecule has 1 unspecified atom stereocenters. The lowest BCUT2D eigenvalue weighted by atomic mass is 9.90. The third kappa shape index (κ3) is 5.19. The molecule has 1 rings (SSSR count). The predicted molar refractivity (Wildman–Crippen MR) is 90.1 cm³/mol. The highest BCUT2D eigenvalue weighted by Gasteiger charge is 2.90. The second-order valence-corrected chi connectivity index (χ2v) is 7.77. The highest BCUT2D eigenvalue weighted by atomic mass is 19.4. The van der Waals surface area contributed by atoms with E-state index in [2.05, 4.69) is 4.74 Å². The maximum Gasteiger partial charge on any atom is 0.460 e. The van der Waals surface area contributed by atoms with E-state index in [-0.39, 0.29) is 11.5 Å². The van der Waals surface area contributed by atoms with Gasteiger partial charge in [0.05, 0.1) is 6.10 Å². The Labute approximate surface area is 179 Å². The number of ether oxygens (including phenoxy) is 1. The SMILES string of the molecule is COC(CC(F)(F)C(F)(F)C(F)(F)C(F)(F)C(F)(F)C(F)(F)F)c1ccc(CC(C)C)cc1. The van der Waals surface area contributed by atoms with Crippen LogP contribution in [0.1, 0.15) is 37.5 Å². The van der Waals surface area contributed by atoms with E-state index in [4.69, 9.17) is 0 Å². The van der Waals surface area contributed by atoms with Crippen LogP contribution < -0.4 is 0 Å². The molecule has 0 spiro atoms. The first-order valence-electron chi connectivity index (χ1n) is 9.14. The second-order valence-electron chi connectivity index (χ2n) is 7.77. The van der Waals surface area contributed by atoms with Crippen LogP contribution in [0, 0.1) is 5.92 Å². The van der Waals surface area contributed by atoms with Crippen LogP contribution >= 0.6 is 0 Å². The molecular weight excluding hydrogens is 491 g/mol. The zero-order valence-electron chi connectivity index (χ0n) is 17.2. The van der Waals surface area contributed by atoms with Crippen molar-refractivity contribution >= 4 is 0 Å². The van der Waals surface area contributed by atoms with Crippen molar-refractivity contribution in [3.8, 4) is 0 Å². The van der Waals surface area contributed by atoms with Crippen LogP contribution in [0.25, 0.3) is 0 Å². The van der Waals surface area contributed by atoms with Crippen LogP contribution in [-0.2, 0) is 11.2 Å². The van der Waals surface area contributed by atoms with Crippen molar-refractivity contribution in [2.45, 2.75) is 68.6 Å². The van der Waals surface area contributed by atoms with Gasteiger partial charge in [0, 0.05) is 13.5 Å². The first-order valence-corrected chi connectivity index (χ1v) is 9.14. The highest BCUT2D eigenvalue weighted by molar-refractivity contribution is 5.25. The molecule has 0 bridgehead atoms. The Morgan fingerprint density at radius 1 is 0.667 bits per heavy atom. The molecule has 0 aliphatic carbocycles.